The van der Waals surface area contributed by atoms with Gasteiger partial charge in [0.2, 0.25) is 0 Å². The van der Waals surface area contributed by atoms with Gasteiger partial charge in [0.15, 0.2) is 0 Å². The zero-order valence-corrected chi connectivity index (χ0v) is 16.7. The van der Waals surface area contributed by atoms with Crippen LogP contribution in [0.4, 0.5) is 4.39 Å². The van der Waals surface area contributed by atoms with Crippen LogP contribution in [-0.2, 0) is 0 Å². The molecule has 1 heterocycles. The molecule has 0 unspecified atom stereocenters. The highest BCUT2D eigenvalue weighted by Gasteiger charge is 2.27. The van der Waals surface area contributed by atoms with Crippen LogP contribution in [0.5, 0.6) is 0 Å². The van der Waals surface area contributed by atoms with E-state index in [1.807, 2.05) is 62.1 Å². The summed E-state index contributed by atoms with van der Waals surface area (Å²) < 4.78 is 14.6. The van der Waals surface area contributed by atoms with Crippen molar-refractivity contribution in [3.05, 3.63) is 93.9 Å². The van der Waals surface area contributed by atoms with Gasteiger partial charge in [-0.2, -0.15) is 0 Å². The van der Waals surface area contributed by atoms with E-state index in [-0.39, 0.29) is 5.82 Å². The second kappa shape index (κ2) is 9.07. The largest absolute Gasteiger partial charge is 0.340 e. The Bertz CT molecular complexity index is 833. The molecule has 136 valence electrons. The van der Waals surface area contributed by atoms with Crippen LogP contribution in [0.3, 0.4) is 0 Å². The molecule has 0 fully saturated rings. The molecule has 0 amide bonds. The maximum absolute atomic E-state index is 14.6. The van der Waals surface area contributed by atoms with Gasteiger partial charge in [-0.05, 0) is 30.7 Å². The average molecular weight is 390 g/mol. The highest BCUT2D eigenvalue weighted by molar-refractivity contribution is 6.34. The fraction of sp³-hybridized carbons (Fsp3) is 0.182. The van der Waals surface area contributed by atoms with Crippen molar-refractivity contribution in [1.82, 2.24) is 4.90 Å². The maximum atomic E-state index is 14.6. The van der Waals surface area contributed by atoms with Crippen molar-refractivity contribution in [1.29, 1.82) is 0 Å². The van der Waals surface area contributed by atoms with E-state index in [1.54, 1.807) is 12.1 Å². The average Bonchev–Trinajstić information content (AvgIpc) is 2.66. The third-order valence-corrected chi connectivity index (χ3v) is 4.64. The molecule has 0 saturated heterocycles. The first-order valence-corrected chi connectivity index (χ1v) is 9.38. The Balaban J connectivity index is 0.00000117. The van der Waals surface area contributed by atoms with Crippen LogP contribution in [-0.4, -0.2) is 11.4 Å². The summed E-state index contributed by atoms with van der Waals surface area (Å²) in [5.41, 5.74) is 3.44. The Morgan fingerprint density at radius 3 is 2.23 bits per heavy atom. The van der Waals surface area contributed by atoms with Crippen molar-refractivity contribution in [2.24, 2.45) is 0 Å². The van der Waals surface area contributed by atoms with E-state index >= 15 is 0 Å². The third-order valence-electron chi connectivity index (χ3n) is 4.00. The first-order chi connectivity index (χ1) is 12.5. The third kappa shape index (κ3) is 3.87. The molecule has 1 aliphatic rings. The number of rotatable bonds is 3. The normalized spacial score (nSPS) is 14.0. The minimum Gasteiger partial charge on any atom is -0.340 e. The van der Waals surface area contributed by atoms with Gasteiger partial charge in [-0.1, -0.05) is 80.0 Å². The smallest absolute Gasteiger partial charge is 0.134 e. The van der Waals surface area contributed by atoms with Crippen LogP contribution >= 0.6 is 23.2 Å². The Hall–Kier alpha value is -2.03. The molecular formula is C22H22Cl2FN. The Labute approximate surface area is 165 Å². The van der Waals surface area contributed by atoms with E-state index < -0.39 is 0 Å². The molecular weight excluding hydrogens is 368 g/mol. The molecule has 0 N–H and O–H groups in total. The SMILES string of the molecule is C=C1C(Cl)=CC(c2ccccc2)=C(c2c(F)cccc2Cl)N1CC.CC. The molecule has 26 heavy (non-hydrogen) atoms. The van der Waals surface area contributed by atoms with Crippen molar-refractivity contribution in [3.8, 4) is 0 Å². The molecule has 2 aromatic rings. The van der Waals surface area contributed by atoms with Crippen LogP contribution in [0.1, 0.15) is 31.9 Å². The lowest BCUT2D eigenvalue weighted by atomic mass is 9.94. The van der Waals surface area contributed by atoms with Crippen molar-refractivity contribution < 1.29 is 4.39 Å². The zero-order chi connectivity index (χ0) is 19.3. The van der Waals surface area contributed by atoms with Crippen LogP contribution in [0.15, 0.2) is 71.9 Å². The van der Waals surface area contributed by atoms with Gasteiger partial charge in [0.25, 0.3) is 0 Å². The standard InChI is InChI=1S/C20H16Cl2FN.C2H6/c1-3-24-13(2)17(22)12-15(14-8-5-4-6-9-14)20(24)19-16(21)10-7-11-18(19)23;1-2/h4-12H,2-3H2,1H3;1-2H3. The summed E-state index contributed by atoms with van der Waals surface area (Å²) >= 11 is 12.7. The molecule has 0 aromatic heterocycles. The number of likely N-dealkylation sites (N-methyl/N-ethyl adjacent to an activating group) is 1. The number of allylic oxidation sites excluding steroid dienone is 3. The van der Waals surface area contributed by atoms with Crippen molar-refractivity contribution in [2.75, 3.05) is 6.54 Å². The van der Waals surface area contributed by atoms with Gasteiger partial charge in [0.1, 0.15) is 5.82 Å². The highest BCUT2D eigenvalue weighted by atomic mass is 35.5. The van der Waals surface area contributed by atoms with Crippen LogP contribution in [0.2, 0.25) is 5.02 Å². The molecule has 0 atom stereocenters. The van der Waals surface area contributed by atoms with Crippen molar-refractivity contribution in [2.45, 2.75) is 20.8 Å². The summed E-state index contributed by atoms with van der Waals surface area (Å²) in [7, 11) is 0. The van der Waals surface area contributed by atoms with Crippen LogP contribution in [0.25, 0.3) is 11.3 Å². The number of benzene rings is 2. The molecule has 0 spiro atoms. The number of nitrogens with zero attached hydrogens (tertiary/aromatic N) is 1. The fourth-order valence-corrected chi connectivity index (χ4v) is 3.33. The number of hydrogen-bond acceptors (Lipinski definition) is 1. The van der Waals surface area contributed by atoms with Crippen molar-refractivity contribution in [3.63, 3.8) is 0 Å². The summed E-state index contributed by atoms with van der Waals surface area (Å²) in [6, 6.07) is 14.4. The lowest BCUT2D eigenvalue weighted by molar-refractivity contribution is 0.522. The lowest BCUT2D eigenvalue weighted by Gasteiger charge is -2.34. The van der Waals surface area contributed by atoms with Gasteiger partial charge in [0, 0.05) is 12.1 Å². The molecule has 1 aliphatic heterocycles. The molecule has 0 radical (unpaired) electrons. The maximum Gasteiger partial charge on any atom is 0.134 e. The van der Waals surface area contributed by atoms with Crippen LogP contribution in [0, 0.1) is 5.82 Å². The van der Waals surface area contributed by atoms with E-state index in [0.29, 0.717) is 33.6 Å². The number of hydrogen-bond donors (Lipinski definition) is 0. The van der Waals surface area contributed by atoms with Crippen molar-refractivity contribution >= 4 is 34.5 Å². The molecule has 0 aliphatic carbocycles. The first-order valence-electron chi connectivity index (χ1n) is 8.62. The fourth-order valence-electron chi connectivity index (χ4n) is 2.87. The molecule has 0 bridgehead atoms. The minimum atomic E-state index is -0.372. The highest BCUT2D eigenvalue weighted by Crippen LogP contribution is 2.42. The summed E-state index contributed by atoms with van der Waals surface area (Å²) in [5, 5.41) is 0.892. The van der Waals surface area contributed by atoms with E-state index in [1.165, 1.54) is 6.07 Å². The van der Waals surface area contributed by atoms with Gasteiger partial charge >= 0.3 is 0 Å². The lowest BCUT2D eigenvalue weighted by Crippen LogP contribution is -2.25. The molecule has 4 heteroatoms. The summed E-state index contributed by atoms with van der Waals surface area (Å²) in [5.74, 6) is -0.372. The van der Waals surface area contributed by atoms with Gasteiger partial charge in [0.05, 0.1) is 27.0 Å². The molecule has 1 nitrogen and oxygen atoms in total. The first kappa shape index (κ1) is 20.3. The van der Waals surface area contributed by atoms with Gasteiger partial charge in [-0.3, -0.25) is 0 Å². The zero-order valence-electron chi connectivity index (χ0n) is 15.2. The second-order valence-corrected chi connectivity index (χ2v) is 6.22. The predicted octanol–water partition coefficient (Wildman–Crippen LogP) is 7.35. The van der Waals surface area contributed by atoms with E-state index in [4.69, 9.17) is 23.2 Å². The Morgan fingerprint density at radius 2 is 1.65 bits per heavy atom. The van der Waals surface area contributed by atoms with E-state index in [2.05, 4.69) is 6.58 Å². The Morgan fingerprint density at radius 1 is 1.00 bits per heavy atom. The minimum absolute atomic E-state index is 0.358. The van der Waals surface area contributed by atoms with Gasteiger partial charge < -0.3 is 4.90 Å². The Kier molecular flexibility index (Phi) is 7.07. The molecule has 0 saturated carbocycles. The summed E-state index contributed by atoms with van der Waals surface area (Å²) in [6.07, 6.45) is 1.82. The quantitative estimate of drug-likeness (QED) is 0.530. The second-order valence-electron chi connectivity index (χ2n) is 5.41. The number of halogens is 3. The van der Waals surface area contributed by atoms with Gasteiger partial charge in [-0.25, -0.2) is 4.39 Å². The van der Waals surface area contributed by atoms with E-state index in [9.17, 15) is 4.39 Å². The molecule has 2 aromatic carbocycles. The topological polar surface area (TPSA) is 3.24 Å². The van der Waals surface area contributed by atoms with Crippen LogP contribution < -0.4 is 0 Å². The van der Waals surface area contributed by atoms with E-state index in [0.717, 1.165) is 11.1 Å². The summed E-state index contributed by atoms with van der Waals surface area (Å²) in [4.78, 5) is 1.90. The summed E-state index contributed by atoms with van der Waals surface area (Å²) in [6.45, 7) is 10.6. The predicted molar refractivity (Wildman–Crippen MR) is 111 cm³/mol. The monoisotopic (exact) mass is 389 g/mol. The molecule has 3 rings (SSSR count). The van der Waals surface area contributed by atoms with Gasteiger partial charge in [-0.15, -0.1) is 0 Å².